The van der Waals surface area contributed by atoms with Crippen LogP contribution in [-0.4, -0.2) is 30.3 Å². The molecule has 1 rings (SSSR count). The highest BCUT2D eigenvalue weighted by atomic mass is 16.5. The maximum absolute atomic E-state index is 8.63. The number of benzene rings is 1. The summed E-state index contributed by atoms with van der Waals surface area (Å²) in [6.07, 6.45) is 0.267. The normalized spacial score (nSPS) is 12.1. The van der Waals surface area contributed by atoms with E-state index >= 15 is 0 Å². The Morgan fingerprint density at radius 3 is 2.79 bits per heavy atom. The van der Waals surface area contributed by atoms with Crippen LogP contribution in [-0.2, 0) is 11.3 Å². The lowest BCUT2D eigenvalue weighted by atomic mass is 10.0. The van der Waals surface area contributed by atoms with E-state index in [1.54, 1.807) is 0 Å². The van der Waals surface area contributed by atoms with Crippen molar-refractivity contribution in [2.24, 2.45) is 10.9 Å². The van der Waals surface area contributed by atoms with Crippen molar-refractivity contribution in [1.29, 1.82) is 0 Å². The Morgan fingerprint density at radius 2 is 2.21 bits per heavy atom. The number of nitrogens with two attached hydrogens (primary N) is 1. The molecule has 0 saturated heterocycles. The molecule has 1 aromatic rings. The van der Waals surface area contributed by atoms with Gasteiger partial charge in [0, 0.05) is 18.7 Å². The van der Waals surface area contributed by atoms with Crippen LogP contribution in [0.15, 0.2) is 23.4 Å². The lowest BCUT2D eigenvalue weighted by molar-refractivity contribution is 0.0807. The fraction of sp³-hybridized carbons (Fsp3) is 0.500. The SMILES string of the molecule is Cc1cc(/C(N)=N/O)ccc1CNCCOC(C)C. The number of ether oxygens (including phenoxy) is 1. The first-order valence-electron chi connectivity index (χ1n) is 6.44. The van der Waals surface area contributed by atoms with Gasteiger partial charge in [0.25, 0.3) is 0 Å². The lowest BCUT2D eigenvalue weighted by Crippen LogP contribution is -2.21. The van der Waals surface area contributed by atoms with Crippen LogP contribution in [0, 0.1) is 6.92 Å². The van der Waals surface area contributed by atoms with Gasteiger partial charge in [-0.3, -0.25) is 0 Å². The molecule has 0 heterocycles. The van der Waals surface area contributed by atoms with Crippen molar-refractivity contribution in [3.05, 3.63) is 34.9 Å². The Morgan fingerprint density at radius 1 is 1.47 bits per heavy atom. The standard InChI is InChI=1S/C14H23N3O2/c1-10(2)19-7-6-16-9-13-5-4-12(8-11(13)3)14(15)17-18/h4-5,8,10,16,18H,6-7,9H2,1-3H3,(H2,15,17). The van der Waals surface area contributed by atoms with E-state index in [9.17, 15) is 0 Å². The molecule has 1 aromatic carbocycles. The minimum absolute atomic E-state index is 0.132. The molecule has 5 nitrogen and oxygen atoms in total. The molecule has 0 saturated carbocycles. The van der Waals surface area contributed by atoms with E-state index in [0.717, 1.165) is 24.2 Å². The van der Waals surface area contributed by atoms with Crippen LogP contribution in [0.4, 0.5) is 0 Å². The van der Waals surface area contributed by atoms with Crippen molar-refractivity contribution >= 4 is 5.84 Å². The average molecular weight is 265 g/mol. The molecule has 0 aliphatic rings. The molecular weight excluding hydrogens is 242 g/mol. The van der Waals surface area contributed by atoms with E-state index in [-0.39, 0.29) is 11.9 Å². The van der Waals surface area contributed by atoms with Gasteiger partial charge < -0.3 is 21.0 Å². The molecule has 0 bridgehead atoms. The minimum atomic E-state index is 0.132. The third kappa shape index (κ3) is 5.28. The van der Waals surface area contributed by atoms with Crippen LogP contribution < -0.4 is 11.1 Å². The summed E-state index contributed by atoms with van der Waals surface area (Å²) < 4.78 is 5.45. The smallest absolute Gasteiger partial charge is 0.170 e. The van der Waals surface area contributed by atoms with Crippen molar-refractivity contribution in [1.82, 2.24) is 5.32 Å². The minimum Gasteiger partial charge on any atom is -0.409 e. The molecule has 0 atom stereocenters. The molecule has 4 N–H and O–H groups in total. The van der Waals surface area contributed by atoms with Crippen molar-refractivity contribution in [2.75, 3.05) is 13.2 Å². The number of hydrogen-bond acceptors (Lipinski definition) is 4. The predicted molar refractivity (Wildman–Crippen MR) is 76.5 cm³/mol. The Bertz CT molecular complexity index is 431. The maximum atomic E-state index is 8.63. The van der Waals surface area contributed by atoms with Gasteiger partial charge in [0.2, 0.25) is 0 Å². The second-order valence-corrected chi connectivity index (χ2v) is 4.72. The van der Waals surface area contributed by atoms with Crippen LogP contribution in [0.2, 0.25) is 0 Å². The third-order valence-electron chi connectivity index (χ3n) is 2.79. The summed E-state index contributed by atoms with van der Waals surface area (Å²) in [6.45, 7) is 8.37. The van der Waals surface area contributed by atoms with Crippen molar-refractivity contribution in [3.63, 3.8) is 0 Å². The van der Waals surface area contributed by atoms with Gasteiger partial charge in [0.05, 0.1) is 12.7 Å². The van der Waals surface area contributed by atoms with Crippen LogP contribution in [0.1, 0.15) is 30.5 Å². The molecule has 0 spiro atoms. The molecular formula is C14H23N3O2. The largest absolute Gasteiger partial charge is 0.409 e. The Hall–Kier alpha value is -1.59. The highest BCUT2D eigenvalue weighted by Gasteiger charge is 2.03. The Labute approximate surface area is 114 Å². The molecule has 0 aromatic heterocycles. The first-order chi connectivity index (χ1) is 9.04. The van der Waals surface area contributed by atoms with Gasteiger partial charge in [-0.15, -0.1) is 0 Å². The second-order valence-electron chi connectivity index (χ2n) is 4.72. The van der Waals surface area contributed by atoms with Crippen LogP contribution in [0.3, 0.4) is 0 Å². The molecule has 0 amide bonds. The molecule has 5 heteroatoms. The fourth-order valence-corrected chi connectivity index (χ4v) is 1.70. The number of amidine groups is 1. The van der Waals surface area contributed by atoms with Crippen LogP contribution in [0.5, 0.6) is 0 Å². The highest BCUT2D eigenvalue weighted by molar-refractivity contribution is 5.97. The van der Waals surface area contributed by atoms with Gasteiger partial charge in [-0.1, -0.05) is 17.3 Å². The summed E-state index contributed by atoms with van der Waals surface area (Å²) in [7, 11) is 0. The van der Waals surface area contributed by atoms with E-state index in [1.807, 2.05) is 39.0 Å². The van der Waals surface area contributed by atoms with Crippen LogP contribution in [0.25, 0.3) is 0 Å². The zero-order valence-electron chi connectivity index (χ0n) is 11.8. The second kappa shape index (κ2) is 7.76. The van der Waals surface area contributed by atoms with Gasteiger partial charge >= 0.3 is 0 Å². The topological polar surface area (TPSA) is 79.9 Å². The van der Waals surface area contributed by atoms with Gasteiger partial charge in [-0.2, -0.15) is 0 Å². The molecule has 19 heavy (non-hydrogen) atoms. The van der Waals surface area contributed by atoms with Crippen molar-refractivity contribution in [3.8, 4) is 0 Å². The average Bonchev–Trinajstić information content (AvgIpc) is 2.38. The third-order valence-corrected chi connectivity index (χ3v) is 2.79. The number of aryl methyl sites for hydroxylation is 1. The molecule has 0 aliphatic carbocycles. The fourth-order valence-electron chi connectivity index (χ4n) is 1.70. The zero-order valence-corrected chi connectivity index (χ0v) is 11.8. The van der Waals surface area contributed by atoms with E-state index in [1.165, 1.54) is 5.56 Å². The summed E-state index contributed by atoms with van der Waals surface area (Å²) in [5, 5.41) is 14.9. The van der Waals surface area contributed by atoms with Crippen LogP contribution >= 0.6 is 0 Å². The molecule has 0 aliphatic heterocycles. The summed E-state index contributed by atoms with van der Waals surface area (Å²) in [5.41, 5.74) is 8.58. The number of nitrogens with zero attached hydrogens (tertiary/aromatic N) is 1. The van der Waals surface area contributed by atoms with E-state index in [2.05, 4.69) is 10.5 Å². The van der Waals surface area contributed by atoms with Crippen molar-refractivity contribution in [2.45, 2.75) is 33.4 Å². The maximum Gasteiger partial charge on any atom is 0.170 e. The van der Waals surface area contributed by atoms with E-state index < -0.39 is 0 Å². The van der Waals surface area contributed by atoms with Crippen molar-refractivity contribution < 1.29 is 9.94 Å². The van der Waals surface area contributed by atoms with Gasteiger partial charge in [-0.05, 0) is 38.0 Å². The first-order valence-corrected chi connectivity index (χ1v) is 6.44. The number of nitrogens with one attached hydrogen (secondary N) is 1. The van der Waals surface area contributed by atoms with E-state index in [4.69, 9.17) is 15.7 Å². The monoisotopic (exact) mass is 265 g/mol. The number of rotatable bonds is 7. The predicted octanol–water partition coefficient (Wildman–Crippen LogP) is 1.60. The lowest BCUT2D eigenvalue weighted by Gasteiger charge is -2.11. The summed E-state index contributed by atoms with van der Waals surface area (Å²) in [4.78, 5) is 0. The van der Waals surface area contributed by atoms with Gasteiger partial charge in [-0.25, -0.2) is 0 Å². The summed E-state index contributed by atoms with van der Waals surface area (Å²) in [6, 6.07) is 5.75. The summed E-state index contributed by atoms with van der Waals surface area (Å²) in [5.74, 6) is 0.132. The quantitative estimate of drug-likeness (QED) is 0.230. The van der Waals surface area contributed by atoms with E-state index in [0.29, 0.717) is 6.61 Å². The Kier molecular flexibility index (Phi) is 6.32. The summed E-state index contributed by atoms with van der Waals surface area (Å²) >= 11 is 0. The number of hydrogen-bond donors (Lipinski definition) is 3. The molecule has 106 valence electrons. The number of oxime groups is 1. The Balaban J connectivity index is 2.47. The first kappa shape index (κ1) is 15.5. The molecule has 0 unspecified atom stereocenters. The molecule has 0 fully saturated rings. The highest BCUT2D eigenvalue weighted by Crippen LogP contribution is 2.10. The zero-order chi connectivity index (χ0) is 14.3. The van der Waals surface area contributed by atoms with Gasteiger partial charge in [0.1, 0.15) is 0 Å². The van der Waals surface area contributed by atoms with Gasteiger partial charge in [0.15, 0.2) is 5.84 Å². The molecule has 0 radical (unpaired) electrons.